The van der Waals surface area contributed by atoms with Gasteiger partial charge in [-0.2, -0.15) is 0 Å². The third kappa shape index (κ3) is 5.00. The highest BCUT2D eigenvalue weighted by Crippen LogP contribution is 2.13. The number of urea groups is 1. The largest absolute Gasteiger partial charge is 0.336 e. The maximum absolute atomic E-state index is 11.4. The van der Waals surface area contributed by atoms with Crippen molar-refractivity contribution < 1.29 is 4.79 Å². The minimum atomic E-state index is -0.419. The summed E-state index contributed by atoms with van der Waals surface area (Å²) in [6.45, 7) is 4.09. The van der Waals surface area contributed by atoms with Crippen LogP contribution in [0.1, 0.15) is 13.8 Å². The monoisotopic (exact) mass is 241 g/mol. The number of carbonyl (C=O) groups is 1. The molecular formula is C11H16ClN3O. The van der Waals surface area contributed by atoms with Crippen LogP contribution in [0.5, 0.6) is 0 Å². The number of halogens is 1. The highest BCUT2D eigenvalue weighted by atomic mass is 35.5. The Morgan fingerprint density at radius 3 is 2.44 bits per heavy atom. The molecule has 0 aliphatic carbocycles. The first-order chi connectivity index (χ1) is 7.37. The van der Waals surface area contributed by atoms with Crippen LogP contribution in [0.15, 0.2) is 24.3 Å². The lowest BCUT2D eigenvalue weighted by Crippen LogP contribution is -2.46. The zero-order chi connectivity index (χ0) is 12.2. The van der Waals surface area contributed by atoms with Crippen LogP contribution in [0.3, 0.4) is 0 Å². The van der Waals surface area contributed by atoms with Gasteiger partial charge in [-0.3, -0.25) is 0 Å². The van der Waals surface area contributed by atoms with Gasteiger partial charge in [0.1, 0.15) is 0 Å². The molecule has 88 valence electrons. The highest BCUT2D eigenvalue weighted by molar-refractivity contribution is 6.30. The van der Waals surface area contributed by atoms with Crippen LogP contribution in [-0.2, 0) is 0 Å². The number of rotatable bonds is 3. The molecule has 4 N–H and O–H groups in total. The Hall–Kier alpha value is -1.26. The molecule has 0 aliphatic rings. The average molecular weight is 242 g/mol. The Labute approximate surface area is 100 Å². The molecule has 0 spiro atoms. The van der Waals surface area contributed by atoms with Crippen LogP contribution < -0.4 is 16.4 Å². The summed E-state index contributed by atoms with van der Waals surface area (Å²) < 4.78 is 0. The summed E-state index contributed by atoms with van der Waals surface area (Å²) in [4.78, 5) is 11.4. The molecule has 1 rings (SSSR count). The molecule has 0 heterocycles. The Kier molecular flexibility index (Phi) is 4.15. The number of nitrogens with two attached hydrogens (primary N) is 1. The molecule has 0 atom stereocenters. The Balaban J connectivity index is 2.43. The summed E-state index contributed by atoms with van der Waals surface area (Å²) in [5, 5.41) is 5.99. The predicted octanol–water partition coefficient (Wildman–Crippen LogP) is 2.20. The van der Waals surface area contributed by atoms with E-state index in [4.69, 9.17) is 17.3 Å². The normalized spacial score (nSPS) is 11.0. The van der Waals surface area contributed by atoms with Gasteiger partial charge in [-0.15, -0.1) is 0 Å². The van der Waals surface area contributed by atoms with E-state index in [1.165, 1.54) is 0 Å². The second-order valence-corrected chi connectivity index (χ2v) is 4.74. The molecule has 0 saturated carbocycles. The summed E-state index contributed by atoms with van der Waals surface area (Å²) in [5.74, 6) is 0. The van der Waals surface area contributed by atoms with E-state index >= 15 is 0 Å². The minimum absolute atomic E-state index is 0.277. The summed E-state index contributed by atoms with van der Waals surface area (Å²) in [7, 11) is 0. The second-order valence-electron chi connectivity index (χ2n) is 4.30. The van der Waals surface area contributed by atoms with E-state index in [-0.39, 0.29) is 6.03 Å². The lowest BCUT2D eigenvalue weighted by molar-refractivity contribution is 0.250. The summed E-state index contributed by atoms with van der Waals surface area (Å²) in [6, 6.07) is 6.61. The predicted molar refractivity (Wildman–Crippen MR) is 66.7 cm³/mol. The number of hydrogen-bond acceptors (Lipinski definition) is 2. The number of anilines is 1. The fourth-order valence-electron chi connectivity index (χ4n) is 1.02. The summed E-state index contributed by atoms with van der Waals surface area (Å²) in [5.41, 5.74) is 6.01. The van der Waals surface area contributed by atoms with Crippen molar-refractivity contribution >= 4 is 23.3 Å². The average Bonchev–Trinajstić information content (AvgIpc) is 2.18. The van der Waals surface area contributed by atoms with Gasteiger partial charge in [0.15, 0.2) is 0 Å². The maximum atomic E-state index is 11.4. The molecule has 0 radical (unpaired) electrons. The molecule has 0 aromatic heterocycles. The van der Waals surface area contributed by atoms with Gasteiger partial charge >= 0.3 is 6.03 Å². The van der Waals surface area contributed by atoms with Crippen LogP contribution in [0, 0.1) is 0 Å². The fourth-order valence-corrected chi connectivity index (χ4v) is 1.14. The Bertz CT molecular complexity index is 356. The fraction of sp³-hybridized carbons (Fsp3) is 0.364. The van der Waals surface area contributed by atoms with E-state index in [0.29, 0.717) is 17.3 Å². The molecule has 0 saturated heterocycles. The molecule has 4 nitrogen and oxygen atoms in total. The first-order valence-electron chi connectivity index (χ1n) is 4.96. The highest BCUT2D eigenvalue weighted by Gasteiger charge is 2.11. The van der Waals surface area contributed by atoms with Crippen molar-refractivity contribution in [3.8, 4) is 0 Å². The van der Waals surface area contributed by atoms with Crippen LogP contribution >= 0.6 is 11.6 Å². The molecular weight excluding hydrogens is 226 g/mol. The van der Waals surface area contributed by atoms with Crippen LogP contribution in [0.25, 0.3) is 0 Å². The lowest BCUT2D eigenvalue weighted by atomic mass is 10.1. The molecule has 2 amide bonds. The van der Waals surface area contributed by atoms with E-state index < -0.39 is 5.54 Å². The molecule has 1 aromatic carbocycles. The Morgan fingerprint density at radius 1 is 1.38 bits per heavy atom. The molecule has 5 heteroatoms. The lowest BCUT2D eigenvalue weighted by Gasteiger charge is -2.19. The first-order valence-corrected chi connectivity index (χ1v) is 5.34. The summed E-state index contributed by atoms with van der Waals surface area (Å²) >= 11 is 5.72. The van der Waals surface area contributed by atoms with E-state index in [0.717, 1.165) is 0 Å². The third-order valence-electron chi connectivity index (χ3n) is 1.81. The van der Waals surface area contributed by atoms with Gasteiger partial charge in [0.05, 0.1) is 0 Å². The number of nitrogens with one attached hydrogen (secondary N) is 2. The maximum Gasteiger partial charge on any atom is 0.319 e. The van der Waals surface area contributed by atoms with Gasteiger partial charge < -0.3 is 16.4 Å². The van der Waals surface area contributed by atoms with Gasteiger partial charge in [-0.1, -0.05) is 11.6 Å². The van der Waals surface area contributed by atoms with Gasteiger partial charge in [-0.25, -0.2) is 4.79 Å². The molecule has 0 unspecified atom stereocenters. The molecule has 0 bridgehead atoms. The number of hydrogen-bond donors (Lipinski definition) is 3. The Morgan fingerprint density at radius 2 is 1.94 bits per heavy atom. The minimum Gasteiger partial charge on any atom is -0.336 e. The summed E-state index contributed by atoms with van der Waals surface area (Å²) in [6.07, 6.45) is 0. The molecule has 0 fully saturated rings. The zero-order valence-corrected chi connectivity index (χ0v) is 10.1. The number of amides is 2. The SMILES string of the molecule is CC(C)(N)CNC(=O)Nc1ccc(Cl)cc1. The van der Waals surface area contributed by atoms with Gasteiger partial charge in [0, 0.05) is 22.8 Å². The van der Waals surface area contributed by atoms with Crippen LogP contribution in [-0.4, -0.2) is 18.1 Å². The first kappa shape index (κ1) is 12.8. The molecule has 1 aromatic rings. The van der Waals surface area contributed by atoms with Crippen molar-refractivity contribution in [1.29, 1.82) is 0 Å². The van der Waals surface area contributed by atoms with Crippen molar-refractivity contribution in [3.05, 3.63) is 29.3 Å². The van der Waals surface area contributed by atoms with Crippen LogP contribution in [0.2, 0.25) is 5.02 Å². The van der Waals surface area contributed by atoms with Gasteiger partial charge in [0.25, 0.3) is 0 Å². The number of benzene rings is 1. The van der Waals surface area contributed by atoms with E-state index in [1.807, 2.05) is 13.8 Å². The third-order valence-corrected chi connectivity index (χ3v) is 2.06. The quantitative estimate of drug-likeness (QED) is 0.760. The topological polar surface area (TPSA) is 67.1 Å². The second kappa shape index (κ2) is 5.18. The smallest absolute Gasteiger partial charge is 0.319 e. The van der Waals surface area contributed by atoms with Crippen molar-refractivity contribution in [2.45, 2.75) is 19.4 Å². The van der Waals surface area contributed by atoms with Crippen molar-refractivity contribution in [2.75, 3.05) is 11.9 Å². The van der Waals surface area contributed by atoms with Crippen LogP contribution in [0.4, 0.5) is 10.5 Å². The zero-order valence-electron chi connectivity index (χ0n) is 9.38. The van der Waals surface area contributed by atoms with E-state index in [1.54, 1.807) is 24.3 Å². The number of carbonyl (C=O) groups excluding carboxylic acids is 1. The van der Waals surface area contributed by atoms with E-state index in [9.17, 15) is 4.79 Å². The standard InChI is InChI=1S/C11H16ClN3O/c1-11(2,13)7-14-10(16)15-9-5-3-8(12)4-6-9/h3-6H,7,13H2,1-2H3,(H2,14,15,16). The van der Waals surface area contributed by atoms with Crippen molar-refractivity contribution in [1.82, 2.24) is 5.32 Å². The molecule has 0 aliphatic heterocycles. The van der Waals surface area contributed by atoms with Crippen molar-refractivity contribution in [3.63, 3.8) is 0 Å². The van der Waals surface area contributed by atoms with E-state index in [2.05, 4.69) is 10.6 Å². The van der Waals surface area contributed by atoms with Gasteiger partial charge in [-0.05, 0) is 38.1 Å². The molecule has 16 heavy (non-hydrogen) atoms. The van der Waals surface area contributed by atoms with Crippen molar-refractivity contribution in [2.24, 2.45) is 5.73 Å². The van der Waals surface area contributed by atoms with Gasteiger partial charge in [0.2, 0.25) is 0 Å².